The molecule has 1 atom stereocenters. The molecule has 106 valence electrons. The van der Waals surface area contributed by atoms with E-state index in [2.05, 4.69) is 55.3 Å². The second-order valence-corrected chi connectivity index (χ2v) is 5.79. The van der Waals surface area contributed by atoms with Crippen LogP contribution in [0, 0.1) is 5.92 Å². The molecule has 1 aromatic rings. The van der Waals surface area contributed by atoms with Crippen LogP contribution in [0.3, 0.4) is 0 Å². The van der Waals surface area contributed by atoms with Crippen molar-refractivity contribution in [2.75, 3.05) is 24.5 Å². The van der Waals surface area contributed by atoms with E-state index >= 15 is 0 Å². The molecule has 19 heavy (non-hydrogen) atoms. The summed E-state index contributed by atoms with van der Waals surface area (Å²) < 4.78 is 0. The topological polar surface area (TPSA) is 15.3 Å². The molecule has 0 saturated carbocycles. The maximum Gasteiger partial charge on any atom is 0.0414 e. The van der Waals surface area contributed by atoms with Gasteiger partial charge in [-0.1, -0.05) is 38.5 Å². The van der Waals surface area contributed by atoms with Crippen LogP contribution < -0.4 is 10.2 Å². The molecule has 1 heterocycles. The monoisotopic (exact) mass is 260 g/mol. The van der Waals surface area contributed by atoms with Gasteiger partial charge in [0, 0.05) is 24.8 Å². The summed E-state index contributed by atoms with van der Waals surface area (Å²) in [7, 11) is 0. The Hall–Kier alpha value is -1.02. The first-order valence-corrected chi connectivity index (χ1v) is 7.83. The van der Waals surface area contributed by atoms with Crippen molar-refractivity contribution in [2.24, 2.45) is 5.92 Å². The molecular weight excluding hydrogens is 232 g/mol. The van der Waals surface area contributed by atoms with E-state index in [-0.39, 0.29) is 0 Å². The van der Waals surface area contributed by atoms with Crippen LogP contribution in [0.1, 0.15) is 51.6 Å². The van der Waals surface area contributed by atoms with Crippen LogP contribution in [0.5, 0.6) is 0 Å². The van der Waals surface area contributed by atoms with E-state index in [0.29, 0.717) is 6.04 Å². The molecule has 0 bridgehead atoms. The van der Waals surface area contributed by atoms with Gasteiger partial charge >= 0.3 is 0 Å². The number of nitrogens with one attached hydrogen (secondary N) is 1. The van der Waals surface area contributed by atoms with Gasteiger partial charge in [0.1, 0.15) is 0 Å². The number of nitrogens with zero attached hydrogens (tertiary/aromatic N) is 1. The van der Waals surface area contributed by atoms with Crippen LogP contribution in [0.2, 0.25) is 0 Å². The fourth-order valence-electron chi connectivity index (χ4n) is 2.97. The van der Waals surface area contributed by atoms with Crippen molar-refractivity contribution in [3.8, 4) is 0 Å². The highest BCUT2D eigenvalue weighted by molar-refractivity contribution is 5.56. The van der Waals surface area contributed by atoms with Crippen LogP contribution in [0.25, 0.3) is 0 Å². The Kier molecular flexibility index (Phi) is 5.26. The minimum atomic E-state index is 0.446. The second-order valence-electron chi connectivity index (χ2n) is 5.79. The second kappa shape index (κ2) is 6.95. The zero-order chi connectivity index (χ0) is 13.7. The summed E-state index contributed by atoms with van der Waals surface area (Å²) in [5.74, 6) is 0.914. The fourth-order valence-corrected chi connectivity index (χ4v) is 2.97. The highest BCUT2D eigenvalue weighted by Crippen LogP contribution is 2.32. The minimum absolute atomic E-state index is 0.446. The van der Waals surface area contributed by atoms with Gasteiger partial charge in [0.25, 0.3) is 0 Å². The van der Waals surface area contributed by atoms with Gasteiger partial charge in [-0.05, 0) is 43.9 Å². The average molecular weight is 260 g/mol. The quantitative estimate of drug-likeness (QED) is 0.797. The molecule has 2 heteroatoms. The van der Waals surface area contributed by atoms with Crippen LogP contribution in [-0.2, 0) is 0 Å². The number of benzene rings is 1. The summed E-state index contributed by atoms with van der Waals surface area (Å²) in [6, 6.07) is 9.32. The summed E-state index contributed by atoms with van der Waals surface area (Å²) in [5.41, 5.74) is 2.89. The van der Waals surface area contributed by atoms with E-state index in [1.165, 1.54) is 43.6 Å². The fraction of sp³-hybridized carbons (Fsp3) is 0.647. The number of rotatable bonds is 7. The standard InChI is InChI=1S/C17H28N2/c1-4-8-15-12-19(13-15)17-10-7-6-9-16(17)14(3)18-11-5-2/h6-7,9-10,14-15,18H,4-5,8,11-13H2,1-3H3. The minimum Gasteiger partial charge on any atom is -0.371 e. The maximum absolute atomic E-state index is 3.60. The molecule has 0 radical (unpaired) electrons. The largest absolute Gasteiger partial charge is 0.371 e. The van der Waals surface area contributed by atoms with Crippen LogP contribution in [0.15, 0.2) is 24.3 Å². The van der Waals surface area contributed by atoms with Crippen LogP contribution >= 0.6 is 0 Å². The first-order chi connectivity index (χ1) is 9.26. The van der Waals surface area contributed by atoms with E-state index in [9.17, 15) is 0 Å². The average Bonchev–Trinajstić information content (AvgIpc) is 2.40. The molecule has 0 aromatic heterocycles. The highest BCUT2D eigenvalue weighted by atomic mass is 15.2. The summed E-state index contributed by atoms with van der Waals surface area (Å²) >= 11 is 0. The third-order valence-electron chi connectivity index (χ3n) is 4.10. The van der Waals surface area contributed by atoms with Crippen molar-refractivity contribution in [1.82, 2.24) is 5.32 Å². The molecule has 1 aliphatic rings. The molecule has 1 unspecified atom stereocenters. The molecule has 1 aromatic carbocycles. The first kappa shape index (κ1) is 14.4. The summed E-state index contributed by atoms with van der Waals surface area (Å²) in [5, 5.41) is 3.60. The molecule has 1 saturated heterocycles. The van der Waals surface area contributed by atoms with Crippen LogP contribution in [0.4, 0.5) is 5.69 Å². The van der Waals surface area contributed by atoms with Gasteiger partial charge in [0.2, 0.25) is 0 Å². The molecule has 0 spiro atoms. The number of hydrogen-bond acceptors (Lipinski definition) is 2. The Morgan fingerprint density at radius 2 is 1.95 bits per heavy atom. The number of para-hydroxylation sites is 1. The van der Waals surface area contributed by atoms with E-state index in [4.69, 9.17) is 0 Å². The third kappa shape index (κ3) is 3.50. The number of hydrogen-bond donors (Lipinski definition) is 1. The predicted octanol–water partition coefficient (Wildman–Crippen LogP) is 3.98. The lowest BCUT2D eigenvalue weighted by molar-refractivity contribution is 0.379. The van der Waals surface area contributed by atoms with Gasteiger partial charge in [-0.15, -0.1) is 0 Å². The van der Waals surface area contributed by atoms with E-state index < -0.39 is 0 Å². The summed E-state index contributed by atoms with van der Waals surface area (Å²) in [6.45, 7) is 10.4. The SMILES string of the molecule is CCCNC(C)c1ccccc1N1CC(CCC)C1. The summed E-state index contributed by atoms with van der Waals surface area (Å²) in [4.78, 5) is 2.54. The van der Waals surface area contributed by atoms with Crippen LogP contribution in [-0.4, -0.2) is 19.6 Å². The summed E-state index contributed by atoms with van der Waals surface area (Å²) in [6.07, 6.45) is 3.88. The molecule has 1 N–H and O–H groups in total. The highest BCUT2D eigenvalue weighted by Gasteiger charge is 2.27. The van der Waals surface area contributed by atoms with Crippen molar-refractivity contribution in [2.45, 2.75) is 46.1 Å². The molecular formula is C17H28N2. The zero-order valence-corrected chi connectivity index (χ0v) is 12.7. The van der Waals surface area contributed by atoms with E-state index in [0.717, 1.165) is 12.5 Å². The van der Waals surface area contributed by atoms with Gasteiger partial charge in [-0.25, -0.2) is 0 Å². The van der Waals surface area contributed by atoms with Crippen molar-refractivity contribution >= 4 is 5.69 Å². The molecule has 2 nitrogen and oxygen atoms in total. The van der Waals surface area contributed by atoms with E-state index in [1.54, 1.807) is 0 Å². The normalized spacial score (nSPS) is 17.3. The Morgan fingerprint density at radius 3 is 2.63 bits per heavy atom. The molecule has 0 amide bonds. The zero-order valence-electron chi connectivity index (χ0n) is 12.7. The third-order valence-corrected chi connectivity index (χ3v) is 4.10. The maximum atomic E-state index is 3.60. The molecule has 1 aliphatic heterocycles. The lowest BCUT2D eigenvalue weighted by atomic mass is 9.92. The van der Waals surface area contributed by atoms with Crippen molar-refractivity contribution < 1.29 is 0 Å². The van der Waals surface area contributed by atoms with E-state index in [1.807, 2.05) is 0 Å². The smallest absolute Gasteiger partial charge is 0.0414 e. The van der Waals surface area contributed by atoms with Crippen molar-refractivity contribution in [1.29, 1.82) is 0 Å². The van der Waals surface area contributed by atoms with Gasteiger partial charge < -0.3 is 10.2 Å². The van der Waals surface area contributed by atoms with Crippen molar-refractivity contribution in [3.05, 3.63) is 29.8 Å². The predicted molar refractivity (Wildman–Crippen MR) is 83.8 cm³/mol. The molecule has 0 aliphatic carbocycles. The molecule has 2 rings (SSSR count). The Morgan fingerprint density at radius 1 is 1.21 bits per heavy atom. The lowest BCUT2D eigenvalue weighted by Crippen LogP contribution is -2.47. The lowest BCUT2D eigenvalue weighted by Gasteiger charge is -2.42. The van der Waals surface area contributed by atoms with Gasteiger partial charge in [0.05, 0.1) is 0 Å². The Bertz CT molecular complexity index is 383. The number of anilines is 1. The van der Waals surface area contributed by atoms with Gasteiger partial charge in [-0.3, -0.25) is 0 Å². The molecule has 1 fully saturated rings. The van der Waals surface area contributed by atoms with Crippen molar-refractivity contribution in [3.63, 3.8) is 0 Å². The Balaban J connectivity index is 2.01. The van der Waals surface area contributed by atoms with Gasteiger partial charge in [0.15, 0.2) is 0 Å². The van der Waals surface area contributed by atoms with Gasteiger partial charge in [-0.2, -0.15) is 0 Å². The Labute approximate surface area is 118 Å². The first-order valence-electron chi connectivity index (χ1n) is 7.83.